The van der Waals surface area contributed by atoms with Gasteiger partial charge in [-0.05, 0) is 60.6 Å². The summed E-state index contributed by atoms with van der Waals surface area (Å²) in [6, 6.07) is 18.7. The summed E-state index contributed by atoms with van der Waals surface area (Å²) in [4.78, 5) is 49.1. The molecule has 1 aliphatic heterocycles. The van der Waals surface area contributed by atoms with E-state index in [0.29, 0.717) is 45.8 Å². The Morgan fingerprint density at radius 1 is 1.00 bits per heavy atom. The normalized spacial score (nSPS) is 22.1. The Morgan fingerprint density at radius 3 is 2.36 bits per heavy atom. The van der Waals surface area contributed by atoms with E-state index < -0.39 is 62.1 Å². The molecule has 58 heavy (non-hydrogen) atoms. The van der Waals surface area contributed by atoms with Crippen molar-refractivity contribution >= 4 is 55.8 Å². The predicted octanol–water partition coefficient (Wildman–Crippen LogP) is 6.12. The van der Waals surface area contributed by atoms with Crippen molar-refractivity contribution in [2.24, 2.45) is 11.3 Å². The number of likely N-dealkylation sites (tertiary alicyclic amines) is 1. The first-order valence-corrected chi connectivity index (χ1v) is 21.1. The number of pyridine rings is 1. The first-order valence-electron chi connectivity index (χ1n) is 19.2. The Bertz CT molecular complexity index is 2370. The summed E-state index contributed by atoms with van der Waals surface area (Å²) < 4.78 is 45.6. The zero-order valence-corrected chi connectivity index (χ0v) is 34.7. The van der Waals surface area contributed by atoms with E-state index in [1.165, 1.54) is 24.3 Å². The number of ether oxygens (including phenoxy) is 3. The van der Waals surface area contributed by atoms with Crippen LogP contribution in [0.5, 0.6) is 17.4 Å². The van der Waals surface area contributed by atoms with E-state index in [1.54, 1.807) is 25.3 Å². The monoisotopic (exact) mass is 829 g/mol. The molecule has 15 heteroatoms. The molecule has 13 nitrogen and oxygen atoms in total. The molecule has 3 aromatic carbocycles. The van der Waals surface area contributed by atoms with Gasteiger partial charge in [-0.3, -0.25) is 19.1 Å². The van der Waals surface area contributed by atoms with Gasteiger partial charge in [0.05, 0.1) is 32.2 Å². The molecule has 1 saturated heterocycles. The molecule has 0 radical (unpaired) electrons. The highest BCUT2D eigenvalue weighted by atomic mass is 35.5. The zero-order valence-electron chi connectivity index (χ0n) is 33.1. The van der Waals surface area contributed by atoms with E-state index in [2.05, 4.69) is 26.9 Å². The Balaban J connectivity index is 1.20. The SMILES string of the molecule is C=C[C@@H]1C[C@]1(NC(=O)[C@@H]1C[C@@H](Oc2ncc(OC)c3ccc(Cl)cc23)CN1C(=O)[C@@H](Nc1ccc(-c2ccccc2)c(OC)c1)C(C)(C)C)C(=O)NS(=O)(=O)C1CC1. The summed E-state index contributed by atoms with van der Waals surface area (Å²) in [6.07, 6.45) is 3.46. The number of aromatic nitrogens is 1. The highest BCUT2D eigenvalue weighted by Gasteiger charge is 2.62. The predicted molar refractivity (Wildman–Crippen MR) is 222 cm³/mol. The molecule has 1 aromatic heterocycles. The van der Waals surface area contributed by atoms with Crippen molar-refractivity contribution in [2.45, 2.75) is 75.4 Å². The number of benzene rings is 3. The molecule has 3 amide bonds. The van der Waals surface area contributed by atoms with E-state index in [1.807, 2.05) is 69.3 Å². The Hall–Kier alpha value is -5.34. The number of carbonyl (C=O) groups is 3. The van der Waals surface area contributed by atoms with Gasteiger partial charge in [0.1, 0.15) is 35.2 Å². The van der Waals surface area contributed by atoms with Crippen LogP contribution in [0.15, 0.2) is 85.6 Å². The molecule has 0 spiro atoms. The third-order valence-corrected chi connectivity index (χ3v) is 13.1. The molecular weight excluding hydrogens is 782 g/mol. The Morgan fingerprint density at radius 2 is 1.72 bits per heavy atom. The molecule has 306 valence electrons. The number of nitrogens with one attached hydrogen (secondary N) is 3. The fraction of sp³-hybridized carbons (Fsp3) is 0.395. The van der Waals surface area contributed by atoms with Crippen LogP contribution in [0.4, 0.5) is 5.69 Å². The fourth-order valence-corrected chi connectivity index (χ4v) is 9.13. The molecule has 7 rings (SSSR count). The van der Waals surface area contributed by atoms with Crippen molar-refractivity contribution in [1.29, 1.82) is 0 Å². The lowest BCUT2D eigenvalue weighted by Crippen LogP contribution is -2.58. The molecule has 2 saturated carbocycles. The summed E-state index contributed by atoms with van der Waals surface area (Å²) in [5.41, 5.74) is 0.264. The summed E-state index contributed by atoms with van der Waals surface area (Å²) in [5.74, 6) is -0.985. The second kappa shape index (κ2) is 15.8. The van der Waals surface area contributed by atoms with Gasteiger partial charge in [0.25, 0.3) is 5.91 Å². The van der Waals surface area contributed by atoms with Gasteiger partial charge >= 0.3 is 0 Å². The highest BCUT2D eigenvalue weighted by molar-refractivity contribution is 7.91. The summed E-state index contributed by atoms with van der Waals surface area (Å²) in [6.45, 7) is 9.58. The van der Waals surface area contributed by atoms with E-state index in [9.17, 15) is 22.8 Å². The summed E-state index contributed by atoms with van der Waals surface area (Å²) in [7, 11) is -0.779. The van der Waals surface area contributed by atoms with Crippen LogP contribution in [0.2, 0.25) is 5.02 Å². The zero-order chi connectivity index (χ0) is 41.6. The third-order valence-electron chi connectivity index (χ3n) is 11.1. The Kier molecular flexibility index (Phi) is 11.1. The number of carbonyl (C=O) groups excluding carboxylic acids is 3. The second-order valence-electron chi connectivity index (χ2n) is 16.2. The lowest BCUT2D eigenvalue weighted by molar-refractivity contribution is -0.141. The molecule has 2 aliphatic carbocycles. The quantitative estimate of drug-likeness (QED) is 0.126. The number of fused-ring (bicyclic) bond motifs is 1. The van der Waals surface area contributed by atoms with E-state index >= 15 is 0 Å². The minimum Gasteiger partial charge on any atom is -0.496 e. The van der Waals surface area contributed by atoms with Crippen LogP contribution in [0.1, 0.15) is 46.5 Å². The molecule has 3 N–H and O–H groups in total. The standard InChI is InChI=1S/C43H48ClN5O8S/c1-7-26-22-43(26,41(52)48-58(53,54)30-15-16-30)47-38(50)34-21-29(57-39-33-19-27(44)13-17-32(33)36(56-6)23-45-39)24-49(34)40(51)37(42(2,3)4)46-28-14-18-31(35(20-28)55-5)25-11-9-8-10-12-25/h7-14,17-20,23,26,29-30,34,37,46H,1,15-16,21-22,24H2,2-6H3,(H,47,50)(H,48,52)/t26-,29-,34+,37-,43-/m1/s1. The number of anilines is 1. The molecule has 2 heterocycles. The number of hydrogen-bond acceptors (Lipinski definition) is 10. The number of sulfonamides is 1. The maximum Gasteiger partial charge on any atom is 0.259 e. The fourth-order valence-electron chi connectivity index (χ4n) is 7.59. The largest absolute Gasteiger partial charge is 0.496 e. The molecule has 0 unspecified atom stereocenters. The number of halogens is 1. The van der Waals surface area contributed by atoms with Crippen molar-refractivity contribution in [3.63, 3.8) is 0 Å². The molecule has 3 fully saturated rings. The van der Waals surface area contributed by atoms with E-state index in [4.69, 9.17) is 25.8 Å². The maximum atomic E-state index is 15.0. The summed E-state index contributed by atoms with van der Waals surface area (Å²) in [5, 5.41) is 7.39. The lowest BCUT2D eigenvalue weighted by Gasteiger charge is -2.36. The van der Waals surface area contributed by atoms with Crippen LogP contribution in [-0.2, 0) is 24.4 Å². The van der Waals surface area contributed by atoms with Gasteiger partial charge in [0.2, 0.25) is 27.7 Å². The van der Waals surface area contributed by atoms with Gasteiger partial charge < -0.3 is 29.7 Å². The molecule has 4 aromatic rings. The van der Waals surface area contributed by atoms with Crippen LogP contribution in [0.25, 0.3) is 21.9 Å². The van der Waals surface area contributed by atoms with Crippen LogP contribution >= 0.6 is 11.6 Å². The van der Waals surface area contributed by atoms with Crippen molar-refractivity contribution in [3.8, 4) is 28.5 Å². The number of methoxy groups -OCH3 is 2. The maximum absolute atomic E-state index is 15.0. The topological polar surface area (TPSA) is 165 Å². The van der Waals surface area contributed by atoms with Crippen LogP contribution in [0.3, 0.4) is 0 Å². The van der Waals surface area contributed by atoms with Crippen LogP contribution in [0, 0.1) is 11.3 Å². The van der Waals surface area contributed by atoms with Crippen molar-refractivity contribution in [2.75, 3.05) is 26.1 Å². The van der Waals surface area contributed by atoms with Crippen LogP contribution < -0.4 is 29.6 Å². The molecular formula is C43H48ClN5O8S. The average Bonchev–Trinajstić information content (AvgIpc) is 4.13. The number of nitrogens with zero attached hydrogens (tertiary/aromatic N) is 2. The number of rotatable bonds is 14. The highest BCUT2D eigenvalue weighted by Crippen LogP contribution is 2.46. The second-order valence-corrected chi connectivity index (χ2v) is 18.6. The number of amides is 3. The van der Waals surface area contributed by atoms with Crippen molar-refractivity contribution in [1.82, 2.24) is 19.9 Å². The molecule has 5 atom stereocenters. The van der Waals surface area contributed by atoms with Gasteiger partial charge in [0, 0.05) is 45.5 Å². The summed E-state index contributed by atoms with van der Waals surface area (Å²) >= 11 is 6.39. The Labute approximate surface area is 343 Å². The average molecular weight is 830 g/mol. The van der Waals surface area contributed by atoms with Gasteiger partial charge in [-0.25, -0.2) is 13.4 Å². The van der Waals surface area contributed by atoms with Gasteiger partial charge in [-0.15, -0.1) is 6.58 Å². The van der Waals surface area contributed by atoms with Gasteiger partial charge in [0.15, 0.2) is 0 Å². The minimum absolute atomic E-state index is 0.00262. The first kappa shape index (κ1) is 40.8. The van der Waals surface area contributed by atoms with E-state index in [0.717, 1.165) is 11.1 Å². The van der Waals surface area contributed by atoms with Crippen molar-refractivity contribution < 1.29 is 37.0 Å². The lowest BCUT2D eigenvalue weighted by atomic mass is 9.85. The van der Waals surface area contributed by atoms with Gasteiger partial charge in [-0.1, -0.05) is 68.8 Å². The van der Waals surface area contributed by atoms with Crippen LogP contribution in [-0.4, -0.2) is 85.8 Å². The molecule has 0 bridgehead atoms. The molecule has 3 aliphatic rings. The number of hydrogen-bond donors (Lipinski definition) is 3. The van der Waals surface area contributed by atoms with Gasteiger partial charge in [-0.2, -0.15) is 0 Å². The first-order chi connectivity index (χ1) is 27.6. The van der Waals surface area contributed by atoms with E-state index in [-0.39, 0.29) is 31.2 Å². The third kappa shape index (κ3) is 8.17. The van der Waals surface area contributed by atoms with Crippen molar-refractivity contribution in [3.05, 3.63) is 90.6 Å². The minimum atomic E-state index is -3.90. The smallest absolute Gasteiger partial charge is 0.259 e.